The lowest BCUT2D eigenvalue weighted by Gasteiger charge is -2.16. The van der Waals surface area contributed by atoms with Crippen LogP contribution in [0.1, 0.15) is 38.2 Å². The molecule has 1 aliphatic rings. The van der Waals surface area contributed by atoms with E-state index in [4.69, 9.17) is 0 Å². The van der Waals surface area contributed by atoms with Gasteiger partial charge in [-0.15, -0.1) is 0 Å². The zero-order chi connectivity index (χ0) is 15.2. The zero-order valence-corrected chi connectivity index (χ0v) is 12.4. The van der Waals surface area contributed by atoms with Crippen molar-refractivity contribution in [1.82, 2.24) is 5.32 Å². The number of amides is 1. The van der Waals surface area contributed by atoms with E-state index >= 15 is 0 Å². The van der Waals surface area contributed by atoms with Crippen molar-refractivity contribution in [1.29, 1.82) is 0 Å². The molecule has 21 heavy (non-hydrogen) atoms. The molecule has 0 heterocycles. The number of hydrogen-bond acceptors (Lipinski definition) is 2. The number of carboxylic acids is 1. The lowest BCUT2D eigenvalue weighted by atomic mass is 10.0. The van der Waals surface area contributed by atoms with Crippen molar-refractivity contribution in [2.75, 3.05) is 0 Å². The molecule has 0 aliphatic heterocycles. The summed E-state index contributed by atoms with van der Waals surface area (Å²) in [5.41, 5.74) is 0.916. The summed E-state index contributed by atoms with van der Waals surface area (Å²) in [7, 11) is 0. The Morgan fingerprint density at radius 3 is 2.57 bits per heavy atom. The Labute approximate surface area is 125 Å². The highest BCUT2D eigenvalue weighted by Crippen LogP contribution is 2.32. The van der Waals surface area contributed by atoms with Crippen LogP contribution in [0.2, 0.25) is 0 Å². The fourth-order valence-corrected chi connectivity index (χ4v) is 3.08. The first-order valence-corrected chi connectivity index (χ1v) is 7.60. The fraction of sp³-hybridized carbons (Fsp3) is 0.529. The van der Waals surface area contributed by atoms with Crippen molar-refractivity contribution in [2.45, 2.75) is 45.1 Å². The third-order valence-electron chi connectivity index (χ3n) is 4.19. The molecule has 1 fully saturated rings. The van der Waals surface area contributed by atoms with Gasteiger partial charge in [0.05, 0.1) is 0 Å². The van der Waals surface area contributed by atoms with Crippen molar-refractivity contribution in [3.05, 3.63) is 35.9 Å². The first-order chi connectivity index (χ1) is 10.0. The average molecular weight is 289 g/mol. The predicted molar refractivity (Wildman–Crippen MR) is 80.8 cm³/mol. The maximum absolute atomic E-state index is 12.0. The molecule has 4 heteroatoms. The summed E-state index contributed by atoms with van der Waals surface area (Å²) in [6.07, 6.45) is 4.09. The number of nitrogens with one attached hydrogen (secondary N) is 1. The third kappa shape index (κ3) is 4.88. The van der Waals surface area contributed by atoms with Crippen LogP contribution < -0.4 is 5.32 Å². The van der Waals surface area contributed by atoms with Crippen molar-refractivity contribution < 1.29 is 14.7 Å². The first kappa shape index (κ1) is 15.5. The second-order valence-electron chi connectivity index (χ2n) is 6.14. The van der Waals surface area contributed by atoms with Gasteiger partial charge in [-0.1, -0.05) is 43.7 Å². The van der Waals surface area contributed by atoms with Gasteiger partial charge in [-0.2, -0.15) is 0 Å². The summed E-state index contributed by atoms with van der Waals surface area (Å²) in [4.78, 5) is 23.4. The molecule has 0 bridgehead atoms. The second-order valence-corrected chi connectivity index (χ2v) is 6.14. The van der Waals surface area contributed by atoms with Gasteiger partial charge >= 0.3 is 5.97 Å². The van der Waals surface area contributed by atoms with Crippen LogP contribution >= 0.6 is 0 Å². The second kappa shape index (κ2) is 7.25. The summed E-state index contributed by atoms with van der Waals surface area (Å²) in [5, 5.41) is 11.9. The van der Waals surface area contributed by atoms with Crippen LogP contribution in [-0.2, 0) is 16.0 Å². The van der Waals surface area contributed by atoms with Gasteiger partial charge in [-0.25, -0.2) is 4.79 Å². The quantitative estimate of drug-likeness (QED) is 0.846. The van der Waals surface area contributed by atoms with E-state index in [2.05, 4.69) is 12.2 Å². The SMILES string of the molecule is CC1CCC(CC(=O)N[C@H](Cc2ccccc2)C(=O)O)C1. The molecule has 1 amide bonds. The van der Waals surface area contributed by atoms with Gasteiger partial charge in [0.25, 0.3) is 0 Å². The smallest absolute Gasteiger partial charge is 0.326 e. The van der Waals surface area contributed by atoms with Crippen LogP contribution in [-0.4, -0.2) is 23.0 Å². The van der Waals surface area contributed by atoms with E-state index in [9.17, 15) is 14.7 Å². The Bertz CT molecular complexity index is 486. The van der Waals surface area contributed by atoms with Gasteiger partial charge in [0, 0.05) is 12.8 Å². The minimum atomic E-state index is -0.980. The molecule has 2 rings (SSSR count). The lowest BCUT2D eigenvalue weighted by molar-refractivity contribution is -0.141. The molecule has 1 aliphatic carbocycles. The predicted octanol–water partition coefficient (Wildman–Crippen LogP) is 2.62. The van der Waals surface area contributed by atoms with Crippen molar-refractivity contribution in [3.8, 4) is 0 Å². The van der Waals surface area contributed by atoms with Gasteiger partial charge in [0.1, 0.15) is 6.04 Å². The van der Waals surface area contributed by atoms with Crippen LogP contribution in [0, 0.1) is 11.8 Å². The Balaban J connectivity index is 1.87. The number of carboxylic acid groups (broad SMARTS) is 1. The monoisotopic (exact) mass is 289 g/mol. The van der Waals surface area contributed by atoms with Crippen molar-refractivity contribution in [2.24, 2.45) is 11.8 Å². The number of aliphatic carboxylic acids is 1. The van der Waals surface area contributed by atoms with Gasteiger partial charge in [0.2, 0.25) is 5.91 Å². The molecule has 2 N–H and O–H groups in total. The van der Waals surface area contributed by atoms with E-state index in [0.717, 1.165) is 18.4 Å². The lowest BCUT2D eigenvalue weighted by Crippen LogP contribution is -2.42. The molecule has 3 atom stereocenters. The maximum atomic E-state index is 12.0. The maximum Gasteiger partial charge on any atom is 0.326 e. The van der Waals surface area contributed by atoms with E-state index in [-0.39, 0.29) is 5.91 Å². The minimum absolute atomic E-state index is 0.141. The van der Waals surface area contributed by atoms with Crippen LogP contribution in [0.3, 0.4) is 0 Å². The van der Waals surface area contributed by atoms with Crippen LogP contribution in [0.4, 0.5) is 0 Å². The van der Waals surface area contributed by atoms with Gasteiger partial charge in [-0.05, 0) is 30.2 Å². The molecule has 114 valence electrons. The molecule has 2 unspecified atom stereocenters. The topological polar surface area (TPSA) is 66.4 Å². The number of hydrogen-bond donors (Lipinski definition) is 2. The average Bonchev–Trinajstić information content (AvgIpc) is 2.84. The largest absolute Gasteiger partial charge is 0.480 e. The van der Waals surface area contributed by atoms with Crippen LogP contribution in [0.25, 0.3) is 0 Å². The van der Waals surface area contributed by atoms with Crippen LogP contribution in [0.15, 0.2) is 30.3 Å². The normalized spacial score (nSPS) is 22.7. The molecule has 0 saturated heterocycles. The molecule has 0 aromatic heterocycles. The Morgan fingerprint density at radius 1 is 1.29 bits per heavy atom. The van der Waals surface area contributed by atoms with E-state index in [1.165, 1.54) is 6.42 Å². The van der Waals surface area contributed by atoms with Gasteiger partial charge < -0.3 is 10.4 Å². The van der Waals surface area contributed by atoms with Crippen molar-refractivity contribution >= 4 is 11.9 Å². The standard InChI is InChI=1S/C17H23NO3/c1-12-7-8-14(9-12)11-16(19)18-15(17(20)21)10-13-5-3-2-4-6-13/h2-6,12,14-15H,7-11H2,1H3,(H,18,19)(H,20,21)/t12?,14?,15-/m1/s1. The number of benzene rings is 1. The third-order valence-corrected chi connectivity index (χ3v) is 4.19. The molecule has 1 aromatic rings. The minimum Gasteiger partial charge on any atom is -0.480 e. The molecule has 0 radical (unpaired) electrons. The summed E-state index contributed by atoms with van der Waals surface area (Å²) >= 11 is 0. The molecule has 4 nitrogen and oxygen atoms in total. The van der Waals surface area contributed by atoms with Gasteiger partial charge in [0.15, 0.2) is 0 Å². The Morgan fingerprint density at radius 2 is 2.00 bits per heavy atom. The molecule has 1 aromatic carbocycles. The Hall–Kier alpha value is -1.84. The summed E-state index contributed by atoms with van der Waals surface area (Å²) in [5.74, 6) is -0.0296. The van der Waals surface area contributed by atoms with Crippen molar-refractivity contribution in [3.63, 3.8) is 0 Å². The molecular weight excluding hydrogens is 266 g/mol. The number of carbonyl (C=O) groups excluding carboxylic acids is 1. The highest BCUT2D eigenvalue weighted by molar-refractivity contribution is 5.83. The van der Waals surface area contributed by atoms with E-state index in [1.807, 2.05) is 30.3 Å². The first-order valence-electron chi connectivity index (χ1n) is 7.60. The summed E-state index contributed by atoms with van der Waals surface area (Å²) in [6.45, 7) is 2.20. The summed E-state index contributed by atoms with van der Waals surface area (Å²) < 4.78 is 0. The molecular formula is C17H23NO3. The highest BCUT2D eigenvalue weighted by Gasteiger charge is 2.26. The highest BCUT2D eigenvalue weighted by atomic mass is 16.4. The molecule has 1 saturated carbocycles. The van der Waals surface area contributed by atoms with E-state index < -0.39 is 12.0 Å². The molecule has 0 spiro atoms. The number of carbonyl (C=O) groups is 2. The van der Waals surface area contributed by atoms with E-state index in [1.54, 1.807) is 0 Å². The fourth-order valence-electron chi connectivity index (χ4n) is 3.08. The van der Waals surface area contributed by atoms with Crippen LogP contribution in [0.5, 0.6) is 0 Å². The number of rotatable bonds is 6. The Kier molecular flexibility index (Phi) is 5.37. The summed E-state index contributed by atoms with van der Waals surface area (Å²) in [6, 6.07) is 8.53. The zero-order valence-electron chi connectivity index (χ0n) is 12.4. The van der Waals surface area contributed by atoms with Gasteiger partial charge in [-0.3, -0.25) is 4.79 Å². The van der Waals surface area contributed by atoms with E-state index in [0.29, 0.717) is 24.7 Å².